The lowest BCUT2D eigenvalue weighted by atomic mass is 9.82. The van der Waals surface area contributed by atoms with Crippen LogP contribution in [0.2, 0.25) is 0 Å². The number of carbonyl (C=O) groups excluding carboxylic acids is 1. The zero-order valence-corrected chi connectivity index (χ0v) is 17.6. The summed E-state index contributed by atoms with van der Waals surface area (Å²) in [5, 5.41) is 0. The molecule has 1 heterocycles. The van der Waals surface area contributed by atoms with E-state index in [1.807, 2.05) is 27.7 Å². The Morgan fingerprint density at radius 2 is 1.72 bits per heavy atom. The van der Waals surface area contributed by atoms with Gasteiger partial charge in [0, 0.05) is 17.6 Å². The standard InChI is InChI=1S/C18H26BrNO4S/c1-17(2,3)24-16(21)20-11-9-18(4,10-12-20)13-25(22,23)15-7-5-14(19)6-8-15/h5-8H,9-13H2,1-4H3. The minimum atomic E-state index is -3.36. The first kappa shape index (κ1) is 20.2. The minimum absolute atomic E-state index is 0.0871. The molecular formula is C18H26BrNO4S. The number of rotatable bonds is 3. The predicted octanol–water partition coefficient (Wildman–Crippen LogP) is 4.26. The van der Waals surface area contributed by atoms with Crippen molar-refractivity contribution in [1.82, 2.24) is 4.90 Å². The third-order valence-electron chi connectivity index (χ3n) is 4.33. The van der Waals surface area contributed by atoms with E-state index in [2.05, 4.69) is 15.9 Å². The van der Waals surface area contributed by atoms with E-state index in [0.29, 0.717) is 30.8 Å². The molecule has 1 amide bonds. The highest BCUT2D eigenvalue weighted by Gasteiger charge is 2.37. The van der Waals surface area contributed by atoms with Gasteiger partial charge in [0.15, 0.2) is 9.84 Å². The van der Waals surface area contributed by atoms with Gasteiger partial charge in [0.1, 0.15) is 5.60 Å². The van der Waals surface area contributed by atoms with Gasteiger partial charge in [-0.25, -0.2) is 13.2 Å². The summed E-state index contributed by atoms with van der Waals surface area (Å²) >= 11 is 3.32. The van der Waals surface area contributed by atoms with Gasteiger partial charge in [0.05, 0.1) is 10.6 Å². The van der Waals surface area contributed by atoms with E-state index in [1.165, 1.54) is 0 Å². The van der Waals surface area contributed by atoms with Crippen molar-refractivity contribution in [3.63, 3.8) is 0 Å². The molecule has 0 spiro atoms. The lowest BCUT2D eigenvalue weighted by molar-refractivity contribution is 0.0138. The highest BCUT2D eigenvalue weighted by molar-refractivity contribution is 9.10. The van der Waals surface area contributed by atoms with Crippen LogP contribution in [0, 0.1) is 5.41 Å². The topological polar surface area (TPSA) is 63.7 Å². The second kappa shape index (κ2) is 7.27. The Kier molecular flexibility index (Phi) is 5.88. The highest BCUT2D eigenvalue weighted by atomic mass is 79.9. The zero-order valence-electron chi connectivity index (χ0n) is 15.2. The monoisotopic (exact) mass is 431 g/mol. The lowest BCUT2D eigenvalue weighted by Crippen LogP contribution is -2.46. The van der Waals surface area contributed by atoms with Gasteiger partial charge < -0.3 is 9.64 Å². The predicted molar refractivity (Wildman–Crippen MR) is 101 cm³/mol. The van der Waals surface area contributed by atoms with E-state index in [0.717, 1.165) is 4.47 Å². The number of benzene rings is 1. The van der Waals surface area contributed by atoms with Crippen LogP contribution in [0.5, 0.6) is 0 Å². The molecule has 25 heavy (non-hydrogen) atoms. The maximum Gasteiger partial charge on any atom is 0.410 e. The molecule has 1 aromatic rings. The van der Waals surface area contributed by atoms with Gasteiger partial charge in [-0.1, -0.05) is 22.9 Å². The Bertz CT molecular complexity index is 714. The number of ether oxygens (including phenoxy) is 1. The largest absolute Gasteiger partial charge is 0.444 e. The van der Waals surface area contributed by atoms with Crippen LogP contribution in [0.4, 0.5) is 4.79 Å². The molecular weight excluding hydrogens is 406 g/mol. The number of hydrogen-bond donors (Lipinski definition) is 0. The third-order valence-corrected chi connectivity index (χ3v) is 6.93. The molecule has 2 rings (SSSR count). The van der Waals surface area contributed by atoms with Crippen LogP contribution in [0.15, 0.2) is 33.6 Å². The quantitative estimate of drug-likeness (QED) is 0.716. The molecule has 1 saturated heterocycles. The number of halogens is 1. The van der Waals surface area contributed by atoms with Crippen molar-refractivity contribution in [2.75, 3.05) is 18.8 Å². The van der Waals surface area contributed by atoms with Crippen molar-refractivity contribution in [2.45, 2.75) is 51.0 Å². The van der Waals surface area contributed by atoms with E-state index in [1.54, 1.807) is 29.2 Å². The molecule has 0 unspecified atom stereocenters. The van der Waals surface area contributed by atoms with Crippen molar-refractivity contribution in [3.8, 4) is 0 Å². The molecule has 1 aliphatic rings. The smallest absolute Gasteiger partial charge is 0.410 e. The number of amides is 1. The van der Waals surface area contributed by atoms with Crippen molar-refractivity contribution in [2.24, 2.45) is 5.41 Å². The van der Waals surface area contributed by atoms with E-state index in [9.17, 15) is 13.2 Å². The van der Waals surface area contributed by atoms with Crippen LogP contribution in [0.1, 0.15) is 40.5 Å². The number of hydrogen-bond acceptors (Lipinski definition) is 4. The molecule has 0 saturated carbocycles. The van der Waals surface area contributed by atoms with Gasteiger partial charge >= 0.3 is 6.09 Å². The molecule has 0 N–H and O–H groups in total. The first-order chi connectivity index (χ1) is 11.4. The Morgan fingerprint density at radius 1 is 1.20 bits per heavy atom. The van der Waals surface area contributed by atoms with Gasteiger partial charge in [0.2, 0.25) is 0 Å². The Labute approximate surface area is 158 Å². The summed E-state index contributed by atoms with van der Waals surface area (Å²) < 4.78 is 31.6. The van der Waals surface area contributed by atoms with Crippen molar-refractivity contribution < 1.29 is 17.9 Å². The van der Waals surface area contributed by atoms with Crippen LogP contribution in [-0.2, 0) is 14.6 Å². The van der Waals surface area contributed by atoms with Crippen LogP contribution >= 0.6 is 15.9 Å². The Balaban J connectivity index is 2.00. The summed E-state index contributed by atoms with van der Waals surface area (Å²) in [5.74, 6) is 0.0871. The van der Waals surface area contributed by atoms with Crippen LogP contribution < -0.4 is 0 Å². The molecule has 1 aliphatic heterocycles. The first-order valence-corrected chi connectivity index (χ1v) is 10.8. The first-order valence-electron chi connectivity index (χ1n) is 8.37. The van der Waals surface area contributed by atoms with Crippen molar-refractivity contribution in [3.05, 3.63) is 28.7 Å². The summed E-state index contributed by atoms with van der Waals surface area (Å²) in [6.07, 6.45) is 0.953. The Morgan fingerprint density at radius 3 is 2.20 bits per heavy atom. The summed E-state index contributed by atoms with van der Waals surface area (Å²) in [6.45, 7) is 8.52. The number of nitrogens with zero attached hydrogens (tertiary/aromatic N) is 1. The second-order valence-electron chi connectivity index (χ2n) is 7.99. The van der Waals surface area contributed by atoms with Crippen LogP contribution in [0.3, 0.4) is 0 Å². The van der Waals surface area contributed by atoms with Gasteiger partial charge in [-0.05, 0) is 63.3 Å². The number of sulfone groups is 1. The minimum Gasteiger partial charge on any atom is -0.444 e. The number of carbonyl (C=O) groups is 1. The molecule has 140 valence electrons. The summed E-state index contributed by atoms with van der Waals surface area (Å²) in [4.78, 5) is 14.1. The van der Waals surface area contributed by atoms with E-state index < -0.39 is 15.4 Å². The number of piperidine rings is 1. The van der Waals surface area contributed by atoms with Crippen molar-refractivity contribution in [1.29, 1.82) is 0 Å². The normalized spacial score (nSPS) is 18.0. The van der Waals surface area contributed by atoms with Gasteiger partial charge in [-0.3, -0.25) is 0 Å². The van der Waals surface area contributed by atoms with Crippen LogP contribution in [-0.4, -0.2) is 43.9 Å². The van der Waals surface area contributed by atoms with E-state index in [-0.39, 0.29) is 17.3 Å². The number of likely N-dealkylation sites (tertiary alicyclic amines) is 1. The maximum absolute atomic E-state index is 12.7. The van der Waals surface area contributed by atoms with Gasteiger partial charge in [0.25, 0.3) is 0 Å². The fourth-order valence-corrected chi connectivity index (χ4v) is 5.07. The SMILES string of the molecule is CC1(CS(=O)(=O)c2ccc(Br)cc2)CCN(C(=O)OC(C)(C)C)CC1. The lowest BCUT2D eigenvalue weighted by Gasteiger charge is -2.39. The highest BCUT2D eigenvalue weighted by Crippen LogP contribution is 2.34. The van der Waals surface area contributed by atoms with E-state index >= 15 is 0 Å². The molecule has 7 heteroatoms. The molecule has 0 bridgehead atoms. The average Bonchev–Trinajstić information content (AvgIpc) is 2.45. The fourth-order valence-electron chi connectivity index (χ4n) is 2.88. The molecule has 0 radical (unpaired) electrons. The molecule has 0 aliphatic carbocycles. The van der Waals surface area contributed by atoms with Gasteiger partial charge in [-0.15, -0.1) is 0 Å². The molecule has 0 atom stereocenters. The van der Waals surface area contributed by atoms with Gasteiger partial charge in [-0.2, -0.15) is 0 Å². The van der Waals surface area contributed by atoms with E-state index in [4.69, 9.17) is 4.74 Å². The average molecular weight is 432 g/mol. The fraction of sp³-hybridized carbons (Fsp3) is 0.611. The molecule has 1 aromatic carbocycles. The summed E-state index contributed by atoms with van der Waals surface area (Å²) in [7, 11) is -3.36. The molecule has 0 aromatic heterocycles. The molecule has 1 fully saturated rings. The zero-order chi connectivity index (χ0) is 18.9. The third kappa shape index (κ3) is 5.71. The summed E-state index contributed by atoms with van der Waals surface area (Å²) in [5.41, 5.74) is -0.868. The maximum atomic E-state index is 12.7. The second-order valence-corrected chi connectivity index (χ2v) is 10.9. The molecule has 5 nitrogen and oxygen atoms in total. The Hall–Kier alpha value is -1.08. The van der Waals surface area contributed by atoms with Crippen LogP contribution in [0.25, 0.3) is 0 Å². The summed E-state index contributed by atoms with van der Waals surface area (Å²) in [6, 6.07) is 6.72. The van der Waals surface area contributed by atoms with Crippen molar-refractivity contribution >= 4 is 31.9 Å².